The number of ether oxygens (including phenoxy) is 1. The van der Waals surface area contributed by atoms with Gasteiger partial charge in [-0.25, -0.2) is 0 Å². The van der Waals surface area contributed by atoms with Gasteiger partial charge in [0.1, 0.15) is 11.9 Å². The molecule has 0 aliphatic heterocycles. The van der Waals surface area contributed by atoms with Crippen LogP contribution in [0.2, 0.25) is 0 Å². The molecule has 0 amide bonds. The van der Waals surface area contributed by atoms with Gasteiger partial charge < -0.3 is 10.1 Å². The second-order valence-corrected chi connectivity index (χ2v) is 6.29. The van der Waals surface area contributed by atoms with Crippen LogP contribution in [0, 0.1) is 6.92 Å². The summed E-state index contributed by atoms with van der Waals surface area (Å²) in [7, 11) is 0. The SMILES string of the molecule is CCCC(CNC(C)C)Oc1cc(C)ccc1C(C)C. The van der Waals surface area contributed by atoms with Crippen molar-refractivity contribution < 1.29 is 4.74 Å². The minimum Gasteiger partial charge on any atom is -0.489 e. The van der Waals surface area contributed by atoms with Crippen molar-refractivity contribution in [3.05, 3.63) is 29.3 Å². The first-order valence-corrected chi connectivity index (χ1v) is 7.94. The fraction of sp³-hybridized carbons (Fsp3) is 0.667. The van der Waals surface area contributed by atoms with Crippen molar-refractivity contribution in [1.82, 2.24) is 5.32 Å². The molecule has 0 heterocycles. The van der Waals surface area contributed by atoms with E-state index >= 15 is 0 Å². The summed E-state index contributed by atoms with van der Waals surface area (Å²) < 4.78 is 6.32. The van der Waals surface area contributed by atoms with E-state index in [0.717, 1.165) is 25.1 Å². The maximum atomic E-state index is 6.32. The van der Waals surface area contributed by atoms with E-state index < -0.39 is 0 Å². The predicted octanol–water partition coefficient (Wildman–Crippen LogP) is 4.66. The van der Waals surface area contributed by atoms with Crippen LogP contribution in [0.3, 0.4) is 0 Å². The smallest absolute Gasteiger partial charge is 0.123 e. The number of hydrogen-bond acceptors (Lipinski definition) is 2. The molecule has 1 rings (SSSR count). The molecular formula is C18H31NO. The average Bonchev–Trinajstić information content (AvgIpc) is 2.36. The first-order chi connectivity index (χ1) is 9.43. The molecule has 0 aromatic heterocycles. The van der Waals surface area contributed by atoms with E-state index in [1.165, 1.54) is 11.1 Å². The largest absolute Gasteiger partial charge is 0.489 e. The van der Waals surface area contributed by atoms with Crippen LogP contribution >= 0.6 is 0 Å². The molecule has 0 radical (unpaired) electrons. The van der Waals surface area contributed by atoms with Crippen LogP contribution in [-0.2, 0) is 0 Å². The van der Waals surface area contributed by atoms with Crippen molar-refractivity contribution in [2.24, 2.45) is 0 Å². The average molecular weight is 277 g/mol. The summed E-state index contributed by atoms with van der Waals surface area (Å²) in [5, 5.41) is 3.49. The Morgan fingerprint density at radius 1 is 1.15 bits per heavy atom. The van der Waals surface area contributed by atoms with Crippen LogP contribution in [0.4, 0.5) is 0 Å². The van der Waals surface area contributed by atoms with Gasteiger partial charge in [0.15, 0.2) is 0 Å². The topological polar surface area (TPSA) is 21.3 Å². The third kappa shape index (κ3) is 5.54. The normalized spacial score (nSPS) is 13.0. The predicted molar refractivity (Wildman–Crippen MR) is 87.7 cm³/mol. The molecular weight excluding hydrogens is 246 g/mol. The maximum absolute atomic E-state index is 6.32. The van der Waals surface area contributed by atoms with Crippen LogP contribution in [0.25, 0.3) is 0 Å². The lowest BCUT2D eigenvalue weighted by Gasteiger charge is -2.23. The molecule has 0 spiro atoms. The Morgan fingerprint density at radius 3 is 2.40 bits per heavy atom. The van der Waals surface area contributed by atoms with Crippen molar-refractivity contribution in [1.29, 1.82) is 0 Å². The van der Waals surface area contributed by atoms with Crippen LogP contribution < -0.4 is 10.1 Å². The van der Waals surface area contributed by atoms with E-state index in [9.17, 15) is 0 Å². The van der Waals surface area contributed by atoms with Crippen LogP contribution in [0.5, 0.6) is 5.75 Å². The maximum Gasteiger partial charge on any atom is 0.123 e. The van der Waals surface area contributed by atoms with Gasteiger partial charge in [-0.1, -0.05) is 53.2 Å². The van der Waals surface area contributed by atoms with Gasteiger partial charge in [-0.3, -0.25) is 0 Å². The summed E-state index contributed by atoms with van der Waals surface area (Å²) in [5.41, 5.74) is 2.57. The minimum atomic E-state index is 0.252. The van der Waals surface area contributed by atoms with Gasteiger partial charge in [-0.15, -0.1) is 0 Å². The highest BCUT2D eigenvalue weighted by atomic mass is 16.5. The Balaban J connectivity index is 2.83. The van der Waals surface area contributed by atoms with E-state index in [-0.39, 0.29) is 6.10 Å². The molecule has 0 aliphatic rings. The van der Waals surface area contributed by atoms with Crippen LogP contribution in [0.15, 0.2) is 18.2 Å². The van der Waals surface area contributed by atoms with Gasteiger partial charge in [0.25, 0.3) is 0 Å². The molecule has 2 heteroatoms. The third-order valence-electron chi connectivity index (χ3n) is 3.45. The molecule has 0 fully saturated rings. The quantitative estimate of drug-likeness (QED) is 0.746. The number of hydrogen-bond donors (Lipinski definition) is 1. The van der Waals surface area contributed by atoms with Crippen molar-refractivity contribution in [2.75, 3.05) is 6.54 Å². The summed E-state index contributed by atoms with van der Waals surface area (Å²) in [6.07, 6.45) is 2.49. The summed E-state index contributed by atoms with van der Waals surface area (Å²) in [5.74, 6) is 1.55. The summed E-state index contributed by atoms with van der Waals surface area (Å²) in [4.78, 5) is 0. The van der Waals surface area contributed by atoms with Crippen molar-refractivity contribution in [2.45, 2.75) is 72.4 Å². The zero-order chi connectivity index (χ0) is 15.1. The first-order valence-electron chi connectivity index (χ1n) is 7.94. The Hall–Kier alpha value is -1.02. The summed E-state index contributed by atoms with van der Waals surface area (Å²) in [6.45, 7) is 14.0. The summed E-state index contributed by atoms with van der Waals surface area (Å²) in [6, 6.07) is 7.05. The van der Waals surface area contributed by atoms with Crippen molar-refractivity contribution in [3.63, 3.8) is 0 Å². The molecule has 1 atom stereocenters. The minimum absolute atomic E-state index is 0.252. The fourth-order valence-electron chi connectivity index (χ4n) is 2.29. The lowest BCUT2D eigenvalue weighted by Crippen LogP contribution is -2.35. The van der Waals surface area contributed by atoms with E-state index in [4.69, 9.17) is 4.74 Å². The molecule has 1 unspecified atom stereocenters. The van der Waals surface area contributed by atoms with E-state index in [0.29, 0.717) is 12.0 Å². The molecule has 1 aromatic rings. The molecule has 20 heavy (non-hydrogen) atoms. The van der Waals surface area contributed by atoms with Gasteiger partial charge in [0, 0.05) is 12.6 Å². The van der Waals surface area contributed by atoms with Gasteiger partial charge in [0.2, 0.25) is 0 Å². The lowest BCUT2D eigenvalue weighted by atomic mass is 10.0. The zero-order valence-electron chi connectivity index (χ0n) is 14.0. The summed E-state index contributed by atoms with van der Waals surface area (Å²) >= 11 is 0. The molecule has 2 nitrogen and oxygen atoms in total. The molecule has 0 saturated heterocycles. The second-order valence-electron chi connectivity index (χ2n) is 6.29. The van der Waals surface area contributed by atoms with Gasteiger partial charge >= 0.3 is 0 Å². The standard InChI is InChI=1S/C18H31NO/c1-7-8-16(12-19-14(4)5)20-18-11-15(6)9-10-17(18)13(2)3/h9-11,13-14,16,19H,7-8,12H2,1-6H3. The van der Waals surface area contributed by atoms with E-state index in [1.807, 2.05) is 0 Å². The van der Waals surface area contributed by atoms with Crippen LogP contribution in [0.1, 0.15) is 64.5 Å². The molecule has 0 bridgehead atoms. The van der Waals surface area contributed by atoms with Gasteiger partial charge in [0.05, 0.1) is 0 Å². The monoisotopic (exact) mass is 277 g/mol. The second kappa shape index (κ2) is 8.31. The van der Waals surface area contributed by atoms with Crippen molar-refractivity contribution in [3.8, 4) is 5.75 Å². The highest BCUT2D eigenvalue weighted by Crippen LogP contribution is 2.28. The van der Waals surface area contributed by atoms with Crippen LogP contribution in [-0.4, -0.2) is 18.7 Å². The molecule has 114 valence electrons. The lowest BCUT2D eigenvalue weighted by molar-refractivity contribution is 0.181. The number of aryl methyl sites for hydroxylation is 1. The molecule has 1 N–H and O–H groups in total. The first kappa shape index (κ1) is 17.0. The highest BCUT2D eigenvalue weighted by molar-refractivity contribution is 5.39. The van der Waals surface area contributed by atoms with E-state index in [2.05, 4.69) is 65.1 Å². The highest BCUT2D eigenvalue weighted by Gasteiger charge is 2.14. The van der Waals surface area contributed by atoms with E-state index in [1.54, 1.807) is 0 Å². The number of nitrogens with one attached hydrogen (secondary N) is 1. The van der Waals surface area contributed by atoms with Gasteiger partial charge in [-0.05, 0) is 36.5 Å². The number of rotatable bonds is 8. The Morgan fingerprint density at radius 2 is 1.85 bits per heavy atom. The zero-order valence-corrected chi connectivity index (χ0v) is 14.0. The number of benzene rings is 1. The Kier molecular flexibility index (Phi) is 7.08. The Labute approximate surface area is 124 Å². The fourth-order valence-corrected chi connectivity index (χ4v) is 2.29. The van der Waals surface area contributed by atoms with Gasteiger partial charge in [-0.2, -0.15) is 0 Å². The molecule has 1 aromatic carbocycles. The Bertz CT molecular complexity index is 398. The molecule has 0 aliphatic carbocycles. The third-order valence-corrected chi connectivity index (χ3v) is 3.45. The van der Waals surface area contributed by atoms with Crippen molar-refractivity contribution >= 4 is 0 Å². The molecule has 0 saturated carbocycles.